The van der Waals surface area contributed by atoms with Crippen LogP contribution in [-0.2, 0) is 16.1 Å². The molecule has 0 aromatic heterocycles. The van der Waals surface area contributed by atoms with Crippen LogP contribution in [0, 0.1) is 0 Å². The van der Waals surface area contributed by atoms with E-state index in [-0.39, 0.29) is 30.7 Å². The molecular weight excluding hydrogens is 454 g/mol. The van der Waals surface area contributed by atoms with E-state index < -0.39 is 6.61 Å². The molecule has 2 aromatic carbocycles. The second-order valence-electron chi connectivity index (χ2n) is 7.85. The number of piperazine rings is 1. The van der Waals surface area contributed by atoms with Crippen LogP contribution in [0.15, 0.2) is 48.5 Å². The second-order valence-corrected chi connectivity index (χ2v) is 8.26. The molecule has 1 aliphatic rings. The zero-order valence-corrected chi connectivity index (χ0v) is 19.1. The van der Waals surface area contributed by atoms with Gasteiger partial charge >= 0.3 is 6.61 Å². The Kier molecular flexibility index (Phi) is 8.99. The summed E-state index contributed by atoms with van der Waals surface area (Å²) >= 11 is 6.08. The third kappa shape index (κ3) is 7.96. The fourth-order valence-corrected chi connectivity index (χ4v) is 3.69. The van der Waals surface area contributed by atoms with Crippen LogP contribution in [0.25, 0.3) is 0 Å². The van der Waals surface area contributed by atoms with Crippen LogP contribution >= 0.6 is 11.6 Å². The normalized spacial score (nSPS) is 14.8. The number of likely N-dealkylation sites (N-methyl/N-ethyl adjacent to an activating group) is 1. The summed E-state index contributed by atoms with van der Waals surface area (Å²) in [4.78, 5) is 30.6. The summed E-state index contributed by atoms with van der Waals surface area (Å²) in [7, 11) is 1.71. The zero-order chi connectivity index (χ0) is 23.8. The minimum Gasteiger partial charge on any atom is -0.435 e. The molecule has 3 rings (SSSR count). The number of halogens is 3. The topological polar surface area (TPSA) is 65.1 Å². The smallest absolute Gasteiger partial charge is 0.387 e. The number of nitrogens with one attached hydrogen (secondary N) is 1. The van der Waals surface area contributed by atoms with Crippen LogP contribution in [0.1, 0.15) is 5.56 Å². The molecule has 0 spiro atoms. The summed E-state index contributed by atoms with van der Waals surface area (Å²) in [6.45, 7) is 0.767. The fraction of sp³-hybridized carbons (Fsp3) is 0.391. The van der Waals surface area contributed by atoms with Gasteiger partial charge in [-0.15, -0.1) is 0 Å². The van der Waals surface area contributed by atoms with E-state index in [4.69, 9.17) is 11.6 Å². The summed E-state index contributed by atoms with van der Waals surface area (Å²) in [5.74, 6) is -0.0775. The van der Waals surface area contributed by atoms with Crippen molar-refractivity contribution in [3.63, 3.8) is 0 Å². The molecule has 0 atom stereocenters. The van der Waals surface area contributed by atoms with Gasteiger partial charge in [0, 0.05) is 39.8 Å². The lowest BCUT2D eigenvalue weighted by molar-refractivity contribution is -0.132. The van der Waals surface area contributed by atoms with Crippen molar-refractivity contribution < 1.29 is 23.1 Å². The molecule has 1 N–H and O–H groups in total. The first-order chi connectivity index (χ1) is 15.8. The lowest BCUT2D eigenvalue weighted by Gasteiger charge is -2.34. The van der Waals surface area contributed by atoms with Crippen LogP contribution in [0.4, 0.5) is 14.5 Å². The number of carbonyl (C=O) groups is 2. The molecule has 0 bridgehead atoms. The number of carbonyl (C=O) groups excluding carboxylic acids is 2. The average Bonchev–Trinajstić information content (AvgIpc) is 2.77. The summed E-state index contributed by atoms with van der Waals surface area (Å²) in [6.07, 6.45) is 0. The monoisotopic (exact) mass is 480 g/mol. The van der Waals surface area contributed by atoms with Gasteiger partial charge < -0.3 is 15.0 Å². The number of amides is 2. The Morgan fingerprint density at radius 2 is 1.64 bits per heavy atom. The van der Waals surface area contributed by atoms with E-state index >= 15 is 0 Å². The number of hydrogen-bond donors (Lipinski definition) is 1. The van der Waals surface area contributed by atoms with Crippen molar-refractivity contribution in [2.45, 2.75) is 13.2 Å². The van der Waals surface area contributed by atoms with E-state index in [9.17, 15) is 18.4 Å². The number of alkyl halides is 2. The van der Waals surface area contributed by atoms with Crippen molar-refractivity contribution in [1.29, 1.82) is 0 Å². The maximum absolute atomic E-state index is 12.6. The maximum atomic E-state index is 12.6. The highest BCUT2D eigenvalue weighted by molar-refractivity contribution is 6.33. The summed E-state index contributed by atoms with van der Waals surface area (Å²) in [5, 5.41) is 3.32. The predicted octanol–water partition coefficient (Wildman–Crippen LogP) is 3.16. The van der Waals surface area contributed by atoms with Gasteiger partial charge in [-0.1, -0.05) is 35.9 Å². The molecular formula is C23H27ClF2N4O3. The average molecular weight is 481 g/mol. The van der Waals surface area contributed by atoms with Gasteiger partial charge in [-0.25, -0.2) is 0 Å². The first-order valence-corrected chi connectivity index (χ1v) is 10.9. The van der Waals surface area contributed by atoms with Gasteiger partial charge in [0.25, 0.3) is 0 Å². The van der Waals surface area contributed by atoms with Crippen LogP contribution < -0.4 is 10.1 Å². The van der Waals surface area contributed by atoms with Crippen molar-refractivity contribution in [3.8, 4) is 5.75 Å². The Hall–Kier alpha value is -2.75. The summed E-state index contributed by atoms with van der Waals surface area (Å²) in [5.41, 5.74) is 1.41. The summed E-state index contributed by atoms with van der Waals surface area (Å²) < 4.78 is 28.8. The van der Waals surface area contributed by atoms with Crippen LogP contribution in [-0.4, -0.2) is 79.4 Å². The van der Waals surface area contributed by atoms with Gasteiger partial charge in [-0.3, -0.25) is 19.4 Å². The molecule has 0 aliphatic carbocycles. The molecule has 33 heavy (non-hydrogen) atoms. The number of rotatable bonds is 9. The second kappa shape index (κ2) is 11.9. The number of nitrogens with zero attached hydrogens (tertiary/aromatic N) is 3. The SMILES string of the molecule is CN(Cc1ccc(OC(F)F)cc1)C(=O)CN1CCN(CC(=O)Nc2ccccc2Cl)CC1. The van der Waals surface area contributed by atoms with Gasteiger partial charge in [0.15, 0.2) is 0 Å². The zero-order valence-electron chi connectivity index (χ0n) is 18.3. The number of para-hydroxylation sites is 1. The molecule has 0 saturated carbocycles. The molecule has 2 aromatic rings. The van der Waals surface area contributed by atoms with Gasteiger partial charge in [0.2, 0.25) is 11.8 Å². The summed E-state index contributed by atoms with van der Waals surface area (Å²) in [6, 6.07) is 13.3. The Morgan fingerprint density at radius 1 is 1.03 bits per heavy atom. The van der Waals surface area contributed by atoms with E-state index in [2.05, 4.69) is 15.0 Å². The molecule has 7 nitrogen and oxygen atoms in total. The predicted molar refractivity (Wildman–Crippen MR) is 123 cm³/mol. The Labute approximate surface area is 196 Å². The molecule has 0 unspecified atom stereocenters. The van der Waals surface area contributed by atoms with Crippen molar-refractivity contribution >= 4 is 29.1 Å². The molecule has 1 aliphatic heterocycles. The molecule has 1 heterocycles. The quantitative estimate of drug-likeness (QED) is 0.597. The van der Waals surface area contributed by atoms with Gasteiger partial charge in [0.1, 0.15) is 5.75 Å². The van der Waals surface area contributed by atoms with Crippen molar-refractivity contribution in [1.82, 2.24) is 14.7 Å². The largest absolute Gasteiger partial charge is 0.435 e. The molecule has 10 heteroatoms. The minimum absolute atomic E-state index is 0.0344. The number of benzene rings is 2. The van der Waals surface area contributed by atoms with E-state index in [1.165, 1.54) is 12.1 Å². The molecule has 2 amide bonds. The number of ether oxygens (including phenoxy) is 1. The highest BCUT2D eigenvalue weighted by atomic mass is 35.5. The highest BCUT2D eigenvalue weighted by Crippen LogP contribution is 2.20. The van der Waals surface area contributed by atoms with E-state index in [1.54, 1.807) is 42.3 Å². The number of anilines is 1. The van der Waals surface area contributed by atoms with E-state index in [0.29, 0.717) is 43.4 Å². The van der Waals surface area contributed by atoms with Gasteiger partial charge in [-0.2, -0.15) is 8.78 Å². The fourth-order valence-electron chi connectivity index (χ4n) is 3.51. The standard InChI is InChI=1S/C23H27ClF2N4O3/c1-28(14-17-6-8-18(9-7-17)33-23(25)26)22(32)16-30-12-10-29(11-13-30)15-21(31)27-20-5-3-2-4-19(20)24/h2-9,23H,10-16H2,1H3,(H,27,31). The Balaban J connectivity index is 1.38. The van der Waals surface area contributed by atoms with E-state index in [0.717, 1.165) is 5.56 Å². The third-order valence-corrected chi connectivity index (χ3v) is 5.66. The molecule has 0 radical (unpaired) electrons. The molecule has 178 valence electrons. The molecule has 1 saturated heterocycles. The first-order valence-electron chi connectivity index (χ1n) is 10.6. The Bertz CT molecular complexity index is 938. The van der Waals surface area contributed by atoms with Crippen LogP contribution in [0.2, 0.25) is 5.02 Å². The Morgan fingerprint density at radius 3 is 2.24 bits per heavy atom. The van der Waals surface area contributed by atoms with Gasteiger partial charge in [-0.05, 0) is 29.8 Å². The lowest BCUT2D eigenvalue weighted by Crippen LogP contribution is -2.51. The first kappa shape index (κ1) is 24.9. The third-order valence-electron chi connectivity index (χ3n) is 5.33. The lowest BCUT2D eigenvalue weighted by atomic mass is 10.2. The van der Waals surface area contributed by atoms with Crippen LogP contribution in [0.5, 0.6) is 5.75 Å². The van der Waals surface area contributed by atoms with E-state index in [1.807, 2.05) is 11.0 Å². The van der Waals surface area contributed by atoms with Crippen molar-refractivity contribution in [2.75, 3.05) is 51.6 Å². The van der Waals surface area contributed by atoms with Crippen molar-refractivity contribution in [2.24, 2.45) is 0 Å². The number of hydrogen-bond acceptors (Lipinski definition) is 5. The van der Waals surface area contributed by atoms with Crippen molar-refractivity contribution in [3.05, 3.63) is 59.1 Å². The van der Waals surface area contributed by atoms with Gasteiger partial charge in [0.05, 0.1) is 23.8 Å². The maximum Gasteiger partial charge on any atom is 0.387 e. The molecule has 1 fully saturated rings. The minimum atomic E-state index is -2.86. The van der Waals surface area contributed by atoms with Crippen LogP contribution in [0.3, 0.4) is 0 Å². The highest BCUT2D eigenvalue weighted by Gasteiger charge is 2.22.